The second kappa shape index (κ2) is 13.6. The van der Waals surface area contributed by atoms with Crippen LogP contribution in [0.25, 0.3) is 0 Å². The molecular formula is C33H36N4O5S. The van der Waals surface area contributed by atoms with E-state index in [1.165, 1.54) is 18.7 Å². The maximum atomic E-state index is 13.7. The fourth-order valence-electron chi connectivity index (χ4n) is 4.99. The SMILES string of the molecule is COc1ccc(CNc2ccc(C(=O)N3CCN(Cc4ccccc4)CC3)cc2S(=O)(=O)Nc2cccc(OC)c2)cc1. The predicted octanol–water partition coefficient (Wildman–Crippen LogP) is 5.07. The molecule has 5 rings (SSSR count). The number of nitrogens with zero attached hydrogens (tertiary/aromatic N) is 2. The van der Waals surface area contributed by atoms with E-state index in [1.54, 1.807) is 48.4 Å². The van der Waals surface area contributed by atoms with Crippen molar-refractivity contribution in [2.75, 3.05) is 50.4 Å². The molecule has 1 aliphatic rings. The number of carbonyl (C=O) groups is 1. The molecule has 0 bridgehead atoms. The molecule has 1 saturated heterocycles. The Morgan fingerprint density at radius 3 is 2.19 bits per heavy atom. The first-order valence-corrected chi connectivity index (χ1v) is 15.6. The van der Waals surface area contributed by atoms with Crippen LogP contribution in [0.3, 0.4) is 0 Å². The summed E-state index contributed by atoms with van der Waals surface area (Å²) in [4.78, 5) is 17.7. The first-order chi connectivity index (χ1) is 20.8. The summed E-state index contributed by atoms with van der Waals surface area (Å²) in [6, 6.07) is 29.2. The Kier molecular flexibility index (Phi) is 9.48. The van der Waals surface area contributed by atoms with E-state index in [4.69, 9.17) is 9.47 Å². The first-order valence-electron chi connectivity index (χ1n) is 14.1. The second-order valence-electron chi connectivity index (χ2n) is 10.3. The third-order valence-electron chi connectivity index (χ3n) is 7.39. The molecule has 0 aliphatic carbocycles. The van der Waals surface area contributed by atoms with Gasteiger partial charge in [-0.2, -0.15) is 0 Å². The largest absolute Gasteiger partial charge is 0.497 e. The van der Waals surface area contributed by atoms with Crippen LogP contribution < -0.4 is 19.5 Å². The van der Waals surface area contributed by atoms with E-state index in [2.05, 4.69) is 27.1 Å². The van der Waals surface area contributed by atoms with Gasteiger partial charge < -0.3 is 19.7 Å². The second-order valence-corrected chi connectivity index (χ2v) is 12.0. The Bertz CT molecular complexity index is 1640. The molecule has 0 saturated carbocycles. The molecular weight excluding hydrogens is 564 g/mol. The Morgan fingerprint density at radius 2 is 1.49 bits per heavy atom. The van der Waals surface area contributed by atoms with Gasteiger partial charge in [0, 0.05) is 50.9 Å². The number of nitrogens with one attached hydrogen (secondary N) is 2. The molecule has 0 unspecified atom stereocenters. The summed E-state index contributed by atoms with van der Waals surface area (Å²) in [5, 5.41) is 3.24. The number of methoxy groups -OCH3 is 2. The number of ether oxygens (including phenoxy) is 2. The lowest BCUT2D eigenvalue weighted by atomic mass is 10.1. The van der Waals surface area contributed by atoms with Crippen molar-refractivity contribution >= 4 is 27.3 Å². The molecule has 1 aliphatic heterocycles. The van der Waals surface area contributed by atoms with E-state index in [9.17, 15) is 13.2 Å². The lowest BCUT2D eigenvalue weighted by molar-refractivity contribution is 0.0628. The molecule has 2 N–H and O–H groups in total. The average molecular weight is 601 g/mol. The van der Waals surface area contributed by atoms with Crippen molar-refractivity contribution < 1.29 is 22.7 Å². The van der Waals surface area contributed by atoms with Gasteiger partial charge in [-0.25, -0.2) is 8.42 Å². The van der Waals surface area contributed by atoms with Crippen molar-refractivity contribution in [1.29, 1.82) is 0 Å². The highest BCUT2D eigenvalue weighted by molar-refractivity contribution is 7.92. The van der Waals surface area contributed by atoms with E-state index >= 15 is 0 Å². The minimum atomic E-state index is -4.08. The zero-order valence-electron chi connectivity index (χ0n) is 24.3. The van der Waals surface area contributed by atoms with Crippen LogP contribution in [0.4, 0.5) is 11.4 Å². The molecule has 0 spiro atoms. The number of benzene rings is 4. The van der Waals surface area contributed by atoms with E-state index < -0.39 is 10.0 Å². The van der Waals surface area contributed by atoms with E-state index in [-0.39, 0.29) is 10.8 Å². The maximum absolute atomic E-state index is 13.7. The first kappa shape index (κ1) is 29.9. The van der Waals surface area contributed by atoms with Gasteiger partial charge in [0.05, 0.1) is 25.6 Å². The van der Waals surface area contributed by atoms with E-state index in [1.807, 2.05) is 42.5 Å². The standard InChI is InChI=1S/C33H36N4O5S/c1-41-29-14-11-25(12-15-29)23-34-31-16-13-27(21-32(31)43(39,40)35-28-9-6-10-30(22-28)42-2)33(38)37-19-17-36(18-20-37)24-26-7-4-3-5-8-26/h3-16,21-22,34-35H,17-20,23-24H2,1-2H3. The molecule has 10 heteroatoms. The highest BCUT2D eigenvalue weighted by Crippen LogP contribution is 2.28. The molecule has 0 aromatic heterocycles. The van der Waals surface area contributed by atoms with Gasteiger partial charge in [0.15, 0.2) is 0 Å². The zero-order chi connectivity index (χ0) is 30.2. The summed E-state index contributed by atoms with van der Waals surface area (Å²) in [5.41, 5.74) is 3.23. The summed E-state index contributed by atoms with van der Waals surface area (Å²) < 4.78 is 40.6. The molecule has 1 fully saturated rings. The molecule has 0 atom stereocenters. The number of carbonyl (C=O) groups excluding carboxylic acids is 1. The third-order valence-corrected chi connectivity index (χ3v) is 8.81. The smallest absolute Gasteiger partial charge is 0.263 e. The van der Waals surface area contributed by atoms with Crippen LogP contribution >= 0.6 is 0 Å². The van der Waals surface area contributed by atoms with Gasteiger partial charge in [-0.05, 0) is 53.6 Å². The average Bonchev–Trinajstić information content (AvgIpc) is 3.04. The van der Waals surface area contributed by atoms with Crippen molar-refractivity contribution in [3.8, 4) is 11.5 Å². The van der Waals surface area contributed by atoms with Crippen molar-refractivity contribution in [2.24, 2.45) is 0 Å². The zero-order valence-corrected chi connectivity index (χ0v) is 25.1. The van der Waals surface area contributed by atoms with Crippen molar-refractivity contribution in [3.05, 3.63) is 114 Å². The summed E-state index contributed by atoms with van der Waals surface area (Å²) >= 11 is 0. The van der Waals surface area contributed by atoms with Gasteiger partial charge in [-0.3, -0.25) is 14.4 Å². The van der Waals surface area contributed by atoms with Crippen LogP contribution in [-0.4, -0.2) is 64.5 Å². The van der Waals surface area contributed by atoms with Gasteiger partial charge in [0.2, 0.25) is 0 Å². The Labute approximate surface area is 253 Å². The molecule has 4 aromatic rings. The predicted molar refractivity (Wildman–Crippen MR) is 168 cm³/mol. The summed E-state index contributed by atoms with van der Waals surface area (Å²) in [5.74, 6) is 1.06. The molecule has 1 heterocycles. The topological polar surface area (TPSA) is 100 Å². The minimum Gasteiger partial charge on any atom is -0.497 e. The number of rotatable bonds is 11. The fourth-order valence-corrected chi connectivity index (χ4v) is 6.25. The lowest BCUT2D eigenvalue weighted by Gasteiger charge is -2.35. The van der Waals surface area contributed by atoms with Crippen LogP contribution in [-0.2, 0) is 23.1 Å². The van der Waals surface area contributed by atoms with Crippen LogP contribution in [0.5, 0.6) is 11.5 Å². The molecule has 4 aromatic carbocycles. The molecule has 43 heavy (non-hydrogen) atoms. The van der Waals surface area contributed by atoms with Gasteiger partial charge in [-0.1, -0.05) is 48.5 Å². The molecule has 1 amide bonds. The van der Waals surface area contributed by atoms with Crippen molar-refractivity contribution in [2.45, 2.75) is 18.0 Å². The molecule has 224 valence electrons. The quantitative estimate of drug-likeness (QED) is 0.248. The van der Waals surface area contributed by atoms with Gasteiger partial charge in [0.1, 0.15) is 16.4 Å². The highest BCUT2D eigenvalue weighted by atomic mass is 32.2. The van der Waals surface area contributed by atoms with Crippen molar-refractivity contribution in [3.63, 3.8) is 0 Å². The summed E-state index contributed by atoms with van der Waals surface area (Å²) in [6.07, 6.45) is 0. The summed E-state index contributed by atoms with van der Waals surface area (Å²) in [7, 11) is -0.958. The monoisotopic (exact) mass is 600 g/mol. The Hall–Kier alpha value is -4.54. The molecule has 9 nitrogen and oxygen atoms in total. The normalized spacial score (nSPS) is 13.8. The van der Waals surface area contributed by atoms with E-state index in [0.717, 1.165) is 30.9 Å². The van der Waals surface area contributed by atoms with Gasteiger partial charge >= 0.3 is 0 Å². The number of sulfonamides is 1. The molecule has 0 radical (unpaired) electrons. The van der Waals surface area contributed by atoms with Crippen LogP contribution in [0.15, 0.2) is 102 Å². The van der Waals surface area contributed by atoms with Gasteiger partial charge in [0.25, 0.3) is 15.9 Å². The number of hydrogen-bond donors (Lipinski definition) is 2. The van der Waals surface area contributed by atoms with Crippen LogP contribution in [0.2, 0.25) is 0 Å². The van der Waals surface area contributed by atoms with Crippen molar-refractivity contribution in [1.82, 2.24) is 9.80 Å². The third kappa shape index (κ3) is 7.65. The summed E-state index contributed by atoms with van der Waals surface area (Å²) in [6.45, 7) is 3.81. The van der Waals surface area contributed by atoms with E-state index in [0.29, 0.717) is 42.3 Å². The van der Waals surface area contributed by atoms with Gasteiger partial charge in [-0.15, -0.1) is 0 Å². The number of amides is 1. The van der Waals surface area contributed by atoms with Crippen LogP contribution in [0.1, 0.15) is 21.5 Å². The Morgan fingerprint density at radius 1 is 0.767 bits per heavy atom. The number of anilines is 2. The highest BCUT2D eigenvalue weighted by Gasteiger charge is 2.26. The van der Waals surface area contributed by atoms with Crippen LogP contribution in [0, 0.1) is 0 Å². The lowest BCUT2D eigenvalue weighted by Crippen LogP contribution is -2.48. The Balaban J connectivity index is 1.36. The minimum absolute atomic E-state index is 0.0163. The number of hydrogen-bond acceptors (Lipinski definition) is 7. The maximum Gasteiger partial charge on any atom is 0.263 e. The fraction of sp³-hybridized carbons (Fsp3) is 0.242. The number of piperazine rings is 1.